The van der Waals surface area contributed by atoms with Gasteiger partial charge in [0.1, 0.15) is 17.2 Å². The van der Waals surface area contributed by atoms with Crippen molar-refractivity contribution in [2.24, 2.45) is 0 Å². The van der Waals surface area contributed by atoms with Crippen molar-refractivity contribution < 1.29 is 14.2 Å². The second kappa shape index (κ2) is 14.1. The van der Waals surface area contributed by atoms with Crippen LogP contribution in [-0.4, -0.2) is 37.6 Å². The van der Waals surface area contributed by atoms with Crippen LogP contribution in [0, 0.1) is 13.8 Å². The van der Waals surface area contributed by atoms with Gasteiger partial charge in [0.2, 0.25) is 0 Å². The highest BCUT2D eigenvalue weighted by molar-refractivity contribution is 5.54. The SMILES string of the molecule is CCOc1ccc(C)c(OC)c1.COc1ccc(CCNc2nnc(C)c(=C(C)C)c2=C(C)C)cc1. The number of methoxy groups -OCH3 is 2. The Hall–Kier alpha value is -3.54. The average Bonchev–Trinajstić information content (AvgIpc) is 2.86. The van der Waals surface area contributed by atoms with E-state index < -0.39 is 0 Å². The monoisotopic (exact) mass is 491 g/mol. The molecular formula is C30H41N3O3. The average molecular weight is 492 g/mol. The summed E-state index contributed by atoms with van der Waals surface area (Å²) in [5.41, 5.74) is 5.88. The van der Waals surface area contributed by atoms with Crippen LogP contribution in [0.15, 0.2) is 42.5 Å². The molecule has 0 aliphatic carbocycles. The van der Waals surface area contributed by atoms with E-state index in [2.05, 4.69) is 55.3 Å². The van der Waals surface area contributed by atoms with Crippen LogP contribution in [0.25, 0.3) is 11.1 Å². The van der Waals surface area contributed by atoms with Crippen LogP contribution in [0.1, 0.15) is 51.4 Å². The maximum atomic E-state index is 5.32. The van der Waals surface area contributed by atoms with Gasteiger partial charge >= 0.3 is 0 Å². The molecule has 1 aromatic heterocycles. The van der Waals surface area contributed by atoms with Crippen molar-refractivity contribution >= 4 is 17.0 Å². The number of anilines is 1. The first-order valence-corrected chi connectivity index (χ1v) is 12.3. The molecule has 1 heterocycles. The molecule has 0 saturated heterocycles. The zero-order valence-electron chi connectivity index (χ0n) is 23.3. The van der Waals surface area contributed by atoms with Crippen LogP contribution in [0.4, 0.5) is 5.82 Å². The molecular weight excluding hydrogens is 450 g/mol. The second-order valence-electron chi connectivity index (χ2n) is 8.97. The van der Waals surface area contributed by atoms with Gasteiger partial charge in [-0.2, -0.15) is 5.10 Å². The maximum absolute atomic E-state index is 5.32. The lowest BCUT2D eigenvalue weighted by molar-refractivity contribution is 0.336. The van der Waals surface area contributed by atoms with Crippen molar-refractivity contribution in [2.45, 2.75) is 54.9 Å². The number of hydrogen-bond donors (Lipinski definition) is 1. The lowest BCUT2D eigenvalue weighted by atomic mass is 10.1. The molecule has 3 aromatic rings. The van der Waals surface area contributed by atoms with E-state index in [1.165, 1.54) is 27.1 Å². The van der Waals surface area contributed by atoms with Crippen LogP contribution in [0.5, 0.6) is 17.2 Å². The highest BCUT2D eigenvalue weighted by Crippen LogP contribution is 2.23. The lowest BCUT2D eigenvalue weighted by Crippen LogP contribution is -2.36. The Balaban J connectivity index is 0.000000319. The van der Waals surface area contributed by atoms with Crippen LogP contribution in [-0.2, 0) is 6.42 Å². The molecule has 3 rings (SSSR count). The molecule has 0 atom stereocenters. The fraction of sp³-hybridized carbons (Fsp3) is 0.400. The first-order valence-electron chi connectivity index (χ1n) is 12.3. The van der Waals surface area contributed by atoms with Gasteiger partial charge in [0.15, 0.2) is 5.82 Å². The van der Waals surface area contributed by atoms with E-state index in [1.807, 2.05) is 51.1 Å². The topological polar surface area (TPSA) is 65.5 Å². The predicted octanol–water partition coefficient (Wildman–Crippen LogP) is 5.23. The molecule has 0 spiro atoms. The minimum absolute atomic E-state index is 0.687. The summed E-state index contributed by atoms with van der Waals surface area (Å²) >= 11 is 0. The summed E-state index contributed by atoms with van der Waals surface area (Å²) in [6.45, 7) is 16.0. The fourth-order valence-electron chi connectivity index (χ4n) is 3.92. The largest absolute Gasteiger partial charge is 0.497 e. The molecule has 36 heavy (non-hydrogen) atoms. The zero-order valence-corrected chi connectivity index (χ0v) is 23.3. The quantitative estimate of drug-likeness (QED) is 0.465. The number of nitrogens with one attached hydrogen (secondary N) is 1. The summed E-state index contributed by atoms with van der Waals surface area (Å²) in [4.78, 5) is 0. The standard InChI is InChI=1S/C20H27N3O.C10H14O2/c1-13(2)18-15(5)22-23-20(19(18)14(3)4)21-12-11-16-7-9-17(24-6)10-8-16;1-4-12-9-6-5-8(2)10(7-9)11-3/h7-10H,11-12H2,1-6H3,(H,21,23);5-7H,4H2,1-3H3. The summed E-state index contributed by atoms with van der Waals surface area (Å²) in [7, 11) is 3.35. The highest BCUT2D eigenvalue weighted by atomic mass is 16.5. The van der Waals surface area contributed by atoms with Crippen LogP contribution in [0.3, 0.4) is 0 Å². The molecule has 6 nitrogen and oxygen atoms in total. The Bertz CT molecular complexity index is 1240. The van der Waals surface area contributed by atoms with Gasteiger partial charge in [0.05, 0.1) is 26.5 Å². The Morgan fingerprint density at radius 2 is 1.44 bits per heavy atom. The van der Waals surface area contributed by atoms with Crippen molar-refractivity contribution in [1.29, 1.82) is 0 Å². The molecule has 2 aromatic carbocycles. The molecule has 0 saturated carbocycles. The molecule has 0 aliphatic heterocycles. The number of hydrogen-bond acceptors (Lipinski definition) is 6. The first kappa shape index (κ1) is 28.7. The zero-order chi connectivity index (χ0) is 26.7. The van der Waals surface area contributed by atoms with E-state index in [4.69, 9.17) is 14.2 Å². The van der Waals surface area contributed by atoms with E-state index in [1.54, 1.807) is 14.2 Å². The summed E-state index contributed by atoms with van der Waals surface area (Å²) in [5, 5.41) is 14.6. The van der Waals surface area contributed by atoms with Gasteiger partial charge in [0, 0.05) is 23.0 Å². The third-order valence-electron chi connectivity index (χ3n) is 5.70. The molecule has 0 fully saturated rings. The van der Waals surface area contributed by atoms with Gasteiger partial charge in [-0.05, 0) is 84.2 Å². The number of ether oxygens (including phenoxy) is 3. The van der Waals surface area contributed by atoms with E-state index in [-0.39, 0.29) is 0 Å². The first-order chi connectivity index (χ1) is 17.2. The molecule has 1 N–H and O–H groups in total. The van der Waals surface area contributed by atoms with Crippen molar-refractivity contribution in [1.82, 2.24) is 10.2 Å². The Kier molecular flexibility index (Phi) is 11.3. The normalized spacial score (nSPS) is 10.1. The highest BCUT2D eigenvalue weighted by Gasteiger charge is 2.06. The van der Waals surface area contributed by atoms with Gasteiger partial charge < -0.3 is 19.5 Å². The van der Waals surface area contributed by atoms with Gasteiger partial charge in [-0.3, -0.25) is 0 Å². The van der Waals surface area contributed by atoms with E-state index in [0.717, 1.165) is 47.3 Å². The van der Waals surface area contributed by atoms with Gasteiger partial charge in [-0.25, -0.2) is 0 Å². The molecule has 0 amide bonds. The summed E-state index contributed by atoms with van der Waals surface area (Å²) in [5.74, 6) is 3.49. The van der Waals surface area contributed by atoms with Crippen molar-refractivity contribution in [3.8, 4) is 17.2 Å². The Morgan fingerprint density at radius 3 is 2.00 bits per heavy atom. The summed E-state index contributed by atoms with van der Waals surface area (Å²) in [6, 6.07) is 14.0. The third-order valence-corrected chi connectivity index (χ3v) is 5.70. The second-order valence-corrected chi connectivity index (χ2v) is 8.97. The summed E-state index contributed by atoms with van der Waals surface area (Å²) in [6.07, 6.45) is 0.923. The molecule has 0 unspecified atom stereocenters. The van der Waals surface area contributed by atoms with E-state index >= 15 is 0 Å². The van der Waals surface area contributed by atoms with Crippen LogP contribution < -0.4 is 30.0 Å². The molecule has 0 radical (unpaired) electrons. The third kappa shape index (κ3) is 8.01. The van der Waals surface area contributed by atoms with Gasteiger partial charge in [0.25, 0.3) is 0 Å². The predicted molar refractivity (Wildman–Crippen MR) is 150 cm³/mol. The molecule has 0 bridgehead atoms. The number of aromatic nitrogens is 2. The minimum Gasteiger partial charge on any atom is -0.497 e. The molecule has 6 heteroatoms. The molecule has 194 valence electrons. The minimum atomic E-state index is 0.687. The number of rotatable bonds is 8. The Labute approximate surface area is 216 Å². The van der Waals surface area contributed by atoms with E-state index in [9.17, 15) is 0 Å². The van der Waals surface area contributed by atoms with Gasteiger partial charge in [-0.1, -0.05) is 29.3 Å². The van der Waals surface area contributed by atoms with Crippen molar-refractivity contribution in [3.63, 3.8) is 0 Å². The maximum Gasteiger partial charge on any atom is 0.156 e. The Morgan fingerprint density at radius 1 is 0.806 bits per heavy atom. The van der Waals surface area contributed by atoms with Gasteiger partial charge in [-0.15, -0.1) is 5.10 Å². The number of nitrogens with zero attached hydrogens (tertiary/aromatic N) is 2. The summed E-state index contributed by atoms with van der Waals surface area (Å²) < 4.78 is 15.7. The van der Waals surface area contributed by atoms with Crippen molar-refractivity contribution in [2.75, 3.05) is 32.7 Å². The molecule has 0 aliphatic rings. The van der Waals surface area contributed by atoms with Crippen LogP contribution >= 0.6 is 0 Å². The number of aryl methyl sites for hydroxylation is 2. The number of benzene rings is 2. The van der Waals surface area contributed by atoms with E-state index in [0.29, 0.717) is 6.61 Å². The lowest BCUT2D eigenvalue weighted by Gasteiger charge is -2.10. The van der Waals surface area contributed by atoms with Crippen molar-refractivity contribution in [3.05, 3.63) is 69.7 Å². The smallest absolute Gasteiger partial charge is 0.156 e. The van der Waals surface area contributed by atoms with Crippen LogP contribution in [0.2, 0.25) is 0 Å². The fourth-order valence-corrected chi connectivity index (χ4v) is 3.92.